The zero-order valence-electron chi connectivity index (χ0n) is 10.7. The predicted molar refractivity (Wildman–Crippen MR) is 65.4 cm³/mol. The molecule has 1 heterocycles. The molecule has 1 saturated heterocycles. The van der Waals surface area contributed by atoms with Crippen LogP contribution in [0.4, 0.5) is 0 Å². The number of sulfonamides is 1. The van der Waals surface area contributed by atoms with Crippen molar-refractivity contribution in [3.05, 3.63) is 0 Å². The van der Waals surface area contributed by atoms with Crippen LogP contribution < -0.4 is 0 Å². The Morgan fingerprint density at radius 3 is 2.56 bits per heavy atom. The quantitative estimate of drug-likeness (QED) is 0.676. The molecule has 0 aromatic rings. The number of ether oxygens (including phenoxy) is 1. The number of carbonyl (C=O) groups is 2. The van der Waals surface area contributed by atoms with Crippen molar-refractivity contribution < 1.29 is 22.7 Å². The smallest absolute Gasteiger partial charge is 0.306 e. The van der Waals surface area contributed by atoms with Crippen molar-refractivity contribution in [3.8, 4) is 0 Å². The zero-order chi connectivity index (χ0) is 13.8. The van der Waals surface area contributed by atoms with E-state index in [9.17, 15) is 18.0 Å². The fourth-order valence-corrected chi connectivity index (χ4v) is 3.78. The summed E-state index contributed by atoms with van der Waals surface area (Å²) in [4.78, 5) is 22.4. The molecule has 0 N–H and O–H groups in total. The Balaban J connectivity index is 2.75. The molecule has 0 spiro atoms. The van der Waals surface area contributed by atoms with Crippen molar-refractivity contribution in [2.75, 3.05) is 19.4 Å². The molecule has 1 atom stereocenters. The van der Waals surface area contributed by atoms with E-state index in [0.29, 0.717) is 13.0 Å². The van der Waals surface area contributed by atoms with Crippen LogP contribution in [0.15, 0.2) is 0 Å². The van der Waals surface area contributed by atoms with Crippen LogP contribution in [0.5, 0.6) is 0 Å². The molecule has 7 heteroatoms. The van der Waals surface area contributed by atoms with E-state index in [-0.39, 0.29) is 18.0 Å². The fourth-order valence-electron chi connectivity index (χ4n) is 2.08. The average Bonchev–Trinajstić information content (AvgIpc) is 2.36. The maximum atomic E-state index is 12.1. The Morgan fingerprint density at radius 2 is 2.00 bits per heavy atom. The van der Waals surface area contributed by atoms with Crippen LogP contribution in [0, 0.1) is 0 Å². The summed E-state index contributed by atoms with van der Waals surface area (Å²) in [5.74, 6) is -1.00. The number of Topliss-reactive ketones (excluding diaryl/α,β-unsaturated/α-hetero) is 1. The summed E-state index contributed by atoms with van der Waals surface area (Å²) in [6.07, 6.45) is 1.99. The van der Waals surface area contributed by atoms with E-state index in [0.717, 1.165) is 12.8 Å². The van der Waals surface area contributed by atoms with Gasteiger partial charge in [-0.15, -0.1) is 0 Å². The number of methoxy groups -OCH3 is 1. The number of carbonyl (C=O) groups excluding carboxylic acids is 2. The molecule has 1 unspecified atom stereocenters. The number of hydrogen-bond acceptors (Lipinski definition) is 5. The molecule has 1 aliphatic heterocycles. The van der Waals surface area contributed by atoms with Crippen LogP contribution in [0.2, 0.25) is 0 Å². The van der Waals surface area contributed by atoms with Crippen molar-refractivity contribution in [2.24, 2.45) is 0 Å². The number of piperidine rings is 1. The van der Waals surface area contributed by atoms with Gasteiger partial charge < -0.3 is 4.74 Å². The molecule has 0 radical (unpaired) electrons. The van der Waals surface area contributed by atoms with E-state index in [4.69, 9.17) is 0 Å². The Hall–Kier alpha value is -0.950. The van der Waals surface area contributed by atoms with E-state index in [1.165, 1.54) is 18.3 Å². The highest BCUT2D eigenvalue weighted by atomic mass is 32.2. The molecule has 1 fully saturated rings. The summed E-state index contributed by atoms with van der Waals surface area (Å²) in [7, 11) is -2.35. The Kier molecular flexibility index (Phi) is 5.28. The maximum absolute atomic E-state index is 12.1. The first-order chi connectivity index (χ1) is 8.38. The van der Waals surface area contributed by atoms with Crippen LogP contribution in [-0.2, 0) is 24.3 Å². The molecule has 0 saturated carbocycles. The van der Waals surface area contributed by atoms with Crippen molar-refractivity contribution in [2.45, 2.75) is 38.6 Å². The molecule has 0 aromatic carbocycles. The molecule has 0 aromatic heterocycles. The second kappa shape index (κ2) is 6.29. The minimum Gasteiger partial charge on any atom is -0.469 e. The standard InChI is InChI=1S/C11H19NO5S/c1-9(13)10-5-3-4-7-12(10)18(15,16)8-6-11(14)17-2/h10H,3-8H2,1-2H3. The first-order valence-electron chi connectivity index (χ1n) is 5.95. The van der Waals surface area contributed by atoms with Gasteiger partial charge in [-0.1, -0.05) is 6.42 Å². The summed E-state index contributed by atoms with van der Waals surface area (Å²) in [5.41, 5.74) is 0. The van der Waals surface area contributed by atoms with Gasteiger partial charge in [0, 0.05) is 6.54 Å². The Morgan fingerprint density at radius 1 is 1.33 bits per heavy atom. The normalized spacial score (nSPS) is 21.6. The van der Waals surface area contributed by atoms with Crippen molar-refractivity contribution >= 4 is 21.8 Å². The predicted octanol–water partition coefficient (Wildman–Crippen LogP) is 0.323. The van der Waals surface area contributed by atoms with Crippen molar-refractivity contribution in [1.82, 2.24) is 4.31 Å². The third kappa shape index (κ3) is 3.78. The minimum atomic E-state index is -3.57. The molecule has 0 aliphatic carbocycles. The minimum absolute atomic E-state index is 0.142. The summed E-state index contributed by atoms with van der Waals surface area (Å²) in [6.45, 7) is 1.76. The number of hydrogen-bond donors (Lipinski definition) is 0. The molecular formula is C11H19NO5S. The molecule has 6 nitrogen and oxygen atoms in total. The molecule has 1 aliphatic rings. The van der Waals surface area contributed by atoms with Gasteiger partial charge in [-0.2, -0.15) is 4.31 Å². The van der Waals surface area contributed by atoms with Gasteiger partial charge >= 0.3 is 5.97 Å². The summed E-state index contributed by atoms with van der Waals surface area (Å²) < 4.78 is 29.8. The number of nitrogens with zero attached hydrogens (tertiary/aromatic N) is 1. The lowest BCUT2D eigenvalue weighted by Gasteiger charge is -2.32. The molecule has 104 valence electrons. The van der Waals surface area contributed by atoms with Gasteiger partial charge in [0.15, 0.2) is 0 Å². The average molecular weight is 277 g/mol. The summed E-state index contributed by atoms with van der Waals surface area (Å²) in [6, 6.07) is -0.568. The molecular weight excluding hydrogens is 258 g/mol. The molecule has 0 bridgehead atoms. The third-order valence-electron chi connectivity index (χ3n) is 3.07. The summed E-state index contributed by atoms with van der Waals surface area (Å²) >= 11 is 0. The van der Waals surface area contributed by atoms with Crippen molar-refractivity contribution in [3.63, 3.8) is 0 Å². The maximum Gasteiger partial charge on any atom is 0.306 e. The van der Waals surface area contributed by atoms with Gasteiger partial charge in [0.2, 0.25) is 10.0 Å². The van der Waals surface area contributed by atoms with E-state index < -0.39 is 22.0 Å². The molecule has 18 heavy (non-hydrogen) atoms. The highest BCUT2D eigenvalue weighted by Crippen LogP contribution is 2.21. The van der Waals surface area contributed by atoms with Crippen molar-refractivity contribution in [1.29, 1.82) is 0 Å². The van der Waals surface area contributed by atoms with Crippen LogP contribution in [0.3, 0.4) is 0 Å². The third-order valence-corrected chi connectivity index (χ3v) is 4.94. The van der Waals surface area contributed by atoms with Gasteiger partial charge in [0.1, 0.15) is 5.78 Å². The van der Waals surface area contributed by atoms with Crippen LogP contribution in [0.1, 0.15) is 32.6 Å². The lowest BCUT2D eigenvalue weighted by atomic mass is 10.0. The molecule has 1 rings (SSSR count). The lowest BCUT2D eigenvalue weighted by Crippen LogP contribution is -2.48. The van der Waals surface area contributed by atoms with Crippen LogP contribution >= 0.6 is 0 Å². The van der Waals surface area contributed by atoms with Gasteiger partial charge in [-0.3, -0.25) is 9.59 Å². The highest BCUT2D eigenvalue weighted by Gasteiger charge is 2.34. The zero-order valence-corrected chi connectivity index (χ0v) is 11.5. The lowest BCUT2D eigenvalue weighted by molar-refractivity contribution is -0.140. The second-order valence-corrected chi connectivity index (χ2v) is 6.42. The first-order valence-corrected chi connectivity index (χ1v) is 7.56. The fraction of sp³-hybridized carbons (Fsp3) is 0.818. The number of ketones is 1. The number of rotatable bonds is 5. The second-order valence-electron chi connectivity index (χ2n) is 4.38. The highest BCUT2D eigenvalue weighted by molar-refractivity contribution is 7.89. The Labute approximate surface area is 107 Å². The topological polar surface area (TPSA) is 80.8 Å². The van der Waals surface area contributed by atoms with Gasteiger partial charge in [0.05, 0.1) is 25.3 Å². The van der Waals surface area contributed by atoms with E-state index in [1.54, 1.807) is 0 Å². The first kappa shape index (κ1) is 15.1. The van der Waals surface area contributed by atoms with E-state index >= 15 is 0 Å². The van der Waals surface area contributed by atoms with Gasteiger partial charge in [-0.25, -0.2) is 8.42 Å². The van der Waals surface area contributed by atoms with E-state index in [1.807, 2.05) is 0 Å². The SMILES string of the molecule is COC(=O)CCS(=O)(=O)N1CCCCC1C(C)=O. The monoisotopic (exact) mass is 277 g/mol. The van der Waals surface area contributed by atoms with Gasteiger partial charge in [-0.05, 0) is 19.8 Å². The van der Waals surface area contributed by atoms with Gasteiger partial charge in [0.25, 0.3) is 0 Å². The van der Waals surface area contributed by atoms with Crippen LogP contribution in [-0.4, -0.2) is 49.9 Å². The van der Waals surface area contributed by atoms with Crippen LogP contribution in [0.25, 0.3) is 0 Å². The largest absolute Gasteiger partial charge is 0.469 e. The summed E-state index contributed by atoms with van der Waals surface area (Å²) in [5, 5.41) is 0. The Bertz CT molecular complexity index is 417. The number of esters is 1. The van der Waals surface area contributed by atoms with E-state index in [2.05, 4.69) is 4.74 Å². The molecule has 0 amide bonds.